The molecular formula is C34H31ClFN3OS. The fourth-order valence-corrected chi connectivity index (χ4v) is 7.04. The maximum absolute atomic E-state index is 13.9. The van der Waals surface area contributed by atoms with Gasteiger partial charge in [0.1, 0.15) is 11.0 Å². The van der Waals surface area contributed by atoms with E-state index < -0.39 is 0 Å². The third kappa shape index (κ3) is 6.10. The monoisotopic (exact) mass is 583 g/mol. The number of aryl methyl sites for hydroxylation is 1. The van der Waals surface area contributed by atoms with Crippen LogP contribution in [0.3, 0.4) is 0 Å². The minimum atomic E-state index is -0.242. The Hall–Kier alpha value is -3.45. The van der Waals surface area contributed by atoms with Gasteiger partial charge in [0.05, 0.1) is 0 Å². The van der Waals surface area contributed by atoms with Crippen LogP contribution in [-0.4, -0.2) is 42.0 Å². The molecule has 0 aliphatic carbocycles. The molecule has 0 bridgehead atoms. The lowest BCUT2D eigenvalue weighted by Crippen LogP contribution is -2.46. The van der Waals surface area contributed by atoms with E-state index in [4.69, 9.17) is 11.6 Å². The van der Waals surface area contributed by atoms with E-state index in [-0.39, 0.29) is 17.1 Å². The van der Waals surface area contributed by atoms with Gasteiger partial charge < -0.3 is 4.90 Å². The summed E-state index contributed by atoms with van der Waals surface area (Å²) >= 11 is 7.84. The lowest BCUT2D eigenvalue weighted by atomic mass is 9.74. The zero-order chi connectivity index (χ0) is 28.4. The second-order valence-electron chi connectivity index (χ2n) is 10.8. The molecule has 0 unspecified atom stereocenters. The lowest BCUT2D eigenvalue weighted by Gasteiger charge is -2.39. The summed E-state index contributed by atoms with van der Waals surface area (Å²) in [5, 5.41) is 0.324. The molecule has 1 spiro atoms. The maximum atomic E-state index is 13.9. The average molecular weight is 584 g/mol. The van der Waals surface area contributed by atoms with Crippen molar-refractivity contribution in [3.63, 3.8) is 0 Å². The molecule has 2 aliphatic rings. The van der Waals surface area contributed by atoms with Crippen LogP contribution >= 0.6 is 23.4 Å². The smallest absolute Gasteiger partial charge is 0.258 e. The molecular weight excluding hydrogens is 553 g/mol. The Balaban J connectivity index is 1.26. The Morgan fingerprint density at radius 3 is 2.46 bits per heavy atom. The van der Waals surface area contributed by atoms with Crippen LogP contribution in [-0.2, 0) is 5.41 Å². The van der Waals surface area contributed by atoms with Crippen molar-refractivity contribution in [3.05, 3.63) is 124 Å². The molecule has 3 heterocycles. The van der Waals surface area contributed by atoms with Gasteiger partial charge in [0, 0.05) is 45.2 Å². The zero-order valence-electron chi connectivity index (χ0n) is 22.9. The molecule has 0 radical (unpaired) electrons. The van der Waals surface area contributed by atoms with Crippen molar-refractivity contribution < 1.29 is 9.18 Å². The number of carbonyl (C=O) groups excluding carboxylic acids is 1. The maximum Gasteiger partial charge on any atom is 0.258 e. The summed E-state index contributed by atoms with van der Waals surface area (Å²) in [5.74, 6) is -0.295. The fourth-order valence-electron chi connectivity index (χ4n) is 5.93. The van der Waals surface area contributed by atoms with Gasteiger partial charge in [0.25, 0.3) is 5.91 Å². The number of hydrogen-bond donors (Lipinski definition) is 0. The Bertz CT molecular complexity index is 1560. The van der Waals surface area contributed by atoms with Crippen LogP contribution in [0.15, 0.2) is 101 Å². The Labute approximate surface area is 249 Å². The van der Waals surface area contributed by atoms with Crippen LogP contribution in [0.5, 0.6) is 0 Å². The van der Waals surface area contributed by atoms with Gasteiger partial charge in [-0.25, -0.2) is 9.37 Å². The number of carbonyl (C=O) groups is 1. The Morgan fingerprint density at radius 2 is 1.73 bits per heavy atom. The number of aromatic nitrogens is 1. The lowest BCUT2D eigenvalue weighted by molar-refractivity contribution is 0.0977. The SMILES string of the molecule is Cc1cc(C(=O)N2CC3(CCN(CC=Cc4ccccc4)CC3)c3cc(Sc4ccc(F)cc4)ccc32)cc(Cl)n1. The predicted molar refractivity (Wildman–Crippen MR) is 165 cm³/mol. The van der Waals surface area contributed by atoms with Crippen LogP contribution in [0, 0.1) is 12.7 Å². The summed E-state index contributed by atoms with van der Waals surface area (Å²) in [6.45, 7) is 5.30. The van der Waals surface area contributed by atoms with Crippen molar-refractivity contribution in [2.24, 2.45) is 0 Å². The highest BCUT2D eigenvalue weighted by Gasteiger charge is 2.46. The zero-order valence-corrected chi connectivity index (χ0v) is 24.5. The van der Waals surface area contributed by atoms with Crippen molar-refractivity contribution in [1.29, 1.82) is 0 Å². The number of nitrogens with zero attached hydrogens (tertiary/aromatic N) is 3. The van der Waals surface area contributed by atoms with Crippen molar-refractivity contribution in [3.8, 4) is 0 Å². The van der Waals surface area contributed by atoms with Crippen molar-refractivity contribution in [2.45, 2.75) is 35.0 Å². The van der Waals surface area contributed by atoms with Crippen molar-refractivity contribution >= 4 is 41.0 Å². The first-order valence-corrected chi connectivity index (χ1v) is 15.1. The largest absolute Gasteiger partial charge is 0.307 e. The predicted octanol–water partition coefficient (Wildman–Crippen LogP) is 8.04. The average Bonchev–Trinajstić information content (AvgIpc) is 3.28. The first kappa shape index (κ1) is 27.7. The van der Waals surface area contributed by atoms with Crippen LogP contribution in [0.25, 0.3) is 6.08 Å². The molecule has 1 amide bonds. The summed E-state index contributed by atoms with van der Waals surface area (Å²) in [4.78, 5) is 24.6. The number of anilines is 1. The van der Waals surface area contributed by atoms with Gasteiger partial charge in [0.15, 0.2) is 0 Å². The van der Waals surface area contributed by atoms with Gasteiger partial charge in [0.2, 0.25) is 0 Å². The second kappa shape index (κ2) is 11.8. The van der Waals surface area contributed by atoms with E-state index in [1.807, 2.05) is 17.9 Å². The van der Waals surface area contributed by atoms with Gasteiger partial charge in [-0.15, -0.1) is 0 Å². The molecule has 6 rings (SSSR count). The number of piperidine rings is 1. The number of benzene rings is 3. The number of fused-ring (bicyclic) bond motifs is 2. The fraction of sp³-hybridized carbons (Fsp3) is 0.235. The van der Waals surface area contributed by atoms with Crippen LogP contribution in [0.1, 0.15) is 40.0 Å². The highest BCUT2D eigenvalue weighted by Crippen LogP contribution is 2.49. The van der Waals surface area contributed by atoms with Gasteiger partial charge in [-0.2, -0.15) is 0 Å². The van der Waals surface area contributed by atoms with Crippen LogP contribution < -0.4 is 4.90 Å². The second-order valence-corrected chi connectivity index (χ2v) is 12.4. The molecule has 0 atom stereocenters. The van der Waals surface area contributed by atoms with Crippen molar-refractivity contribution in [2.75, 3.05) is 31.1 Å². The van der Waals surface area contributed by atoms with E-state index in [2.05, 4.69) is 64.5 Å². The number of pyridine rings is 1. The van der Waals surface area contributed by atoms with E-state index in [1.54, 1.807) is 36.0 Å². The van der Waals surface area contributed by atoms with Crippen molar-refractivity contribution in [1.82, 2.24) is 9.88 Å². The molecule has 4 aromatic rings. The van der Waals surface area contributed by atoms with E-state index in [0.29, 0.717) is 17.3 Å². The molecule has 208 valence electrons. The standard InChI is InChI=1S/C34H31ClFN3OS/c1-24-20-26(21-32(35)37-24)33(40)39-23-34(15-18-38(19-16-34)17-5-8-25-6-3-2-4-7-25)30-22-29(13-14-31(30)39)41-28-11-9-27(36)10-12-28/h2-14,20-22H,15-19,23H2,1H3. The summed E-state index contributed by atoms with van der Waals surface area (Å²) in [6, 6.07) is 26.8. The summed E-state index contributed by atoms with van der Waals surface area (Å²) < 4.78 is 13.5. The number of rotatable bonds is 6. The Morgan fingerprint density at radius 1 is 1.00 bits per heavy atom. The molecule has 2 aliphatic heterocycles. The quantitative estimate of drug-likeness (QED) is 0.215. The molecule has 7 heteroatoms. The molecule has 0 saturated carbocycles. The van der Waals surface area contributed by atoms with Crippen LogP contribution in [0.4, 0.5) is 10.1 Å². The highest BCUT2D eigenvalue weighted by atomic mass is 35.5. The van der Waals surface area contributed by atoms with E-state index in [0.717, 1.165) is 53.6 Å². The molecule has 3 aromatic carbocycles. The van der Waals surface area contributed by atoms with E-state index in [9.17, 15) is 9.18 Å². The van der Waals surface area contributed by atoms with Gasteiger partial charge in [-0.1, -0.05) is 65.8 Å². The van der Waals surface area contributed by atoms with Gasteiger partial charge in [-0.3, -0.25) is 9.69 Å². The molecule has 41 heavy (non-hydrogen) atoms. The highest BCUT2D eigenvalue weighted by molar-refractivity contribution is 7.99. The van der Waals surface area contributed by atoms with Crippen LogP contribution in [0.2, 0.25) is 5.15 Å². The van der Waals surface area contributed by atoms with E-state index >= 15 is 0 Å². The minimum Gasteiger partial charge on any atom is -0.307 e. The summed E-state index contributed by atoms with van der Waals surface area (Å²) in [5.41, 5.74) is 4.53. The number of halogens is 2. The number of likely N-dealkylation sites (tertiary alicyclic amines) is 1. The Kier molecular flexibility index (Phi) is 7.98. The summed E-state index contributed by atoms with van der Waals surface area (Å²) in [7, 11) is 0. The number of amides is 1. The molecule has 0 N–H and O–H groups in total. The topological polar surface area (TPSA) is 36.4 Å². The molecule has 1 fully saturated rings. The molecule has 1 saturated heterocycles. The van der Waals surface area contributed by atoms with Gasteiger partial charge >= 0.3 is 0 Å². The molecule has 4 nitrogen and oxygen atoms in total. The third-order valence-corrected chi connectivity index (χ3v) is 9.23. The normalized spacial score (nSPS) is 16.4. The van der Waals surface area contributed by atoms with Gasteiger partial charge in [-0.05, 0) is 98.6 Å². The first-order chi connectivity index (χ1) is 19.9. The first-order valence-electron chi connectivity index (χ1n) is 13.9. The summed E-state index contributed by atoms with van der Waals surface area (Å²) in [6.07, 6.45) is 6.34. The van der Waals surface area contributed by atoms with E-state index in [1.165, 1.54) is 23.3 Å². The molecule has 1 aromatic heterocycles. The minimum absolute atomic E-state index is 0.0531. The number of hydrogen-bond acceptors (Lipinski definition) is 4. The third-order valence-electron chi connectivity index (χ3n) is 8.04.